The number of thiophene rings is 1. The number of nitrogens with zero attached hydrogens (tertiary/aromatic N) is 2. The lowest BCUT2D eigenvalue weighted by Gasteiger charge is -2.07. The molecule has 0 saturated carbocycles. The standard InChI is InChI=1S/C11H13N3O3S/c1-2-6-5-7-10(18-6)13-8(3-4-9(15)16)14(12)11(7)17/h5H,2-4,12H2,1H3,(H,15,16)/p-1. The van der Waals surface area contributed by atoms with Gasteiger partial charge in [-0.15, -0.1) is 11.3 Å². The Morgan fingerprint density at radius 1 is 1.61 bits per heavy atom. The van der Waals surface area contributed by atoms with Crippen LogP contribution in [0, 0.1) is 0 Å². The second kappa shape index (κ2) is 4.77. The van der Waals surface area contributed by atoms with E-state index in [0.29, 0.717) is 10.2 Å². The number of aryl methyl sites for hydroxylation is 2. The molecular weight excluding hydrogens is 254 g/mol. The van der Waals surface area contributed by atoms with Gasteiger partial charge in [0.1, 0.15) is 10.7 Å². The number of carbonyl (C=O) groups excluding carboxylic acids is 1. The minimum atomic E-state index is -1.19. The van der Waals surface area contributed by atoms with Gasteiger partial charge >= 0.3 is 0 Å². The number of nitrogens with two attached hydrogens (primary N) is 1. The number of hydrogen-bond acceptors (Lipinski definition) is 6. The van der Waals surface area contributed by atoms with Crippen LogP contribution in [0.25, 0.3) is 10.2 Å². The van der Waals surface area contributed by atoms with Crippen LogP contribution < -0.4 is 16.5 Å². The molecule has 96 valence electrons. The Balaban J connectivity index is 2.52. The first kappa shape index (κ1) is 12.6. The van der Waals surface area contributed by atoms with Gasteiger partial charge in [0.25, 0.3) is 5.56 Å². The minimum Gasteiger partial charge on any atom is -0.550 e. The van der Waals surface area contributed by atoms with Crippen LogP contribution in [0.5, 0.6) is 0 Å². The fourth-order valence-electron chi connectivity index (χ4n) is 1.65. The van der Waals surface area contributed by atoms with Gasteiger partial charge in [0, 0.05) is 17.3 Å². The van der Waals surface area contributed by atoms with E-state index < -0.39 is 5.97 Å². The fourth-order valence-corrected chi connectivity index (χ4v) is 2.63. The van der Waals surface area contributed by atoms with Crippen molar-refractivity contribution in [2.24, 2.45) is 0 Å². The van der Waals surface area contributed by atoms with Gasteiger partial charge in [-0.2, -0.15) is 0 Å². The van der Waals surface area contributed by atoms with Crippen molar-refractivity contribution < 1.29 is 9.90 Å². The molecule has 7 heteroatoms. The first-order valence-corrected chi connectivity index (χ1v) is 6.33. The highest BCUT2D eigenvalue weighted by molar-refractivity contribution is 7.18. The normalized spacial score (nSPS) is 10.9. The third-order valence-corrected chi connectivity index (χ3v) is 3.80. The maximum Gasteiger partial charge on any atom is 0.280 e. The molecule has 0 aliphatic carbocycles. The highest BCUT2D eigenvalue weighted by atomic mass is 32.1. The van der Waals surface area contributed by atoms with Crippen molar-refractivity contribution in [3.63, 3.8) is 0 Å². The van der Waals surface area contributed by atoms with Crippen molar-refractivity contribution in [3.05, 3.63) is 27.1 Å². The van der Waals surface area contributed by atoms with E-state index >= 15 is 0 Å². The summed E-state index contributed by atoms with van der Waals surface area (Å²) in [6.07, 6.45) is 0.698. The third kappa shape index (κ3) is 2.21. The van der Waals surface area contributed by atoms with Gasteiger partial charge in [0.15, 0.2) is 0 Å². The van der Waals surface area contributed by atoms with Gasteiger partial charge in [-0.1, -0.05) is 6.92 Å². The first-order valence-electron chi connectivity index (χ1n) is 5.52. The zero-order valence-electron chi connectivity index (χ0n) is 9.80. The average Bonchev–Trinajstić information content (AvgIpc) is 2.75. The zero-order chi connectivity index (χ0) is 13.3. The third-order valence-electron chi connectivity index (χ3n) is 2.62. The maximum atomic E-state index is 12.0. The predicted octanol–water partition coefficient (Wildman–Crippen LogP) is -0.583. The Morgan fingerprint density at radius 2 is 2.33 bits per heavy atom. The van der Waals surface area contributed by atoms with Crippen LogP contribution in [0.15, 0.2) is 10.9 Å². The predicted molar refractivity (Wildman–Crippen MR) is 66.7 cm³/mol. The Hall–Kier alpha value is -1.89. The number of carbonyl (C=O) groups is 1. The SMILES string of the molecule is CCc1cc2c(=O)n(N)c(CCC(=O)[O-])nc2s1. The van der Waals surface area contributed by atoms with Crippen LogP contribution in [-0.2, 0) is 17.6 Å². The molecule has 0 bridgehead atoms. The summed E-state index contributed by atoms with van der Waals surface area (Å²) < 4.78 is 0.914. The van der Waals surface area contributed by atoms with E-state index in [1.807, 2.05) is 6.92 Å². The second-order valence-corrected chi connectivity index (χ2v) is 4.98. The molecule has 2 heterocycles. The zero-order valence-corrected chi connectivity index (χ0v) is 10.6. The second-order valence-electron chi connectivity index (χ2n) is 3.86. The number of carboxylic acids is 1. The molecule has 2 N–H and O–H groups in total. The fraction of sp³-hybridized carbons (Fsp3) is 0.364. The number of nitrogen functional groups attached to an aromatic ring is 1. The Morgan fingerprint density at radius 3 is 2.94 bits per heavy atom. The lowest BCUT2D eigenvalue weighted by Crippen LogP contribution is -2.32. The van der Waals surface area contributed by atoms with E-state index in [2.05, 4.69) is 4.98 Å². The maximum absolute atomic E-state index is 12.0. The summed E-state index contributed by atoms with van der Waals surface area (Å²) in [6, 6.07) is 1.78. The molecule has 2 rings (SSSR count). The van der Waals surface area contributed by atoms with Crippen molar-refractivity contribution in [3.8, 4) is 0 Å². The van der Waals surface area contributed by atoms with Gasteiger partial charge in [0.05, 0.1) is 5.39 Å². The van der Waals surface area contributed by atoms with Crippen molar-refractivity contribution in [2.75, 3.05) is 5.84 Å². The summed E-state index contributed by atoms with van der Waals surface area (Å²) in [5.41, 5.74) is -0.343. The van der Waals surface area contributed by atoms with Crippen molar-refractivity contribution in [1.29, 1.82) is 0 Å². The van der Waals surface area contributed by atoms with E-state index in [0.717, 1.165) is 16.0 Å². The van der Waals surface area contributed by atoms with Crippen molar-refractivity contribution in [1.82, 2.24) is 9.66 Å². The van der Waals surface area contributed by atoms with E-state index in [1.54, 1.807) is 6.07 Å². The molecule has 18 heavy (non-hydrogen) atoms. The summed E-state index contributed by atoms with van der Waals surface area (Å²) >= 11 is 1.43. The summed E-state index contributed by atoms with van der Waals surface area (Å²) in [4.78, 5) is 28.3. The van der Waals surface area contributed by atoms with Gasteiger partial charge in [-0.05, 0) is 18.9 Å². The van der Waals surface area contributed by atoms with Gasteiger partial charge in [0.2, 0.25) is 0 Å². The van der Waals surface area contributed by atoms with Crippen LogP contribution in [-0.4, -0.2) is 15.6 Å². The first-order chi connectivity index (χ1) is 8.52. The molecule has 0 radical (unpaired) electrons. The van der Waals surface area contributed by atoms with Crippen LogP contribution in [0.4, 0.5) is 0 Å². The molecule has 6 nitrogen and oxygen atoms in total. The van der Waals surface area contributed by atoms with Crippen molar-refractivity contribution in [2.45, 2.75) is 26.2 Å². The number of carboxylic acid groups (broad SMARTS) is 1. The molecular formula is C11H12N3O3S-. The molecule has 0 aliphatic rings. The van der Waals surface area contributed by atoms with E-state index in [9.17, 15) is 14.7 Å². The lowest BCUT2D eigenvalue weighted by molar-refractivity contribution is -0.305. The Kier molecular flexibility index (Phi) is 3.33. The molecule has 0 fully saturated rings. The van der Waals surface area contributed by atoms with Crippen LogP contribution in [0.2, 0.25) is 0 Å². The summed E-state index contributed by atoms with van der Waals surface area (Å²) in [7, 11) is 0. The van der Waals surface area contributed by atoms with Crippen LogP contribution >= 0.6 is 11.3 Å². The van der Waals surface area contributed by atoms with Crippen LogP contribution in [0.3, 0.4) is 0 Å². The molecule has 0 amide bonds. The minimum absolute atomic E-state index is 0.0867. The van der Waals surface area contributed by atoms with E-state index in [-0.39, 0.29) is 24.2 Å². The average molecular weight is 266 g/mol. The molecule has 0 atom stereocenters. The van der Waals surface area contributed by atoms with Crippen LogP contribution in [0.1, 0.15) is 24.0 Å². The molecule has 0 unspecified atom stereocenters. The number of aromatic nitrogens is 2. The number of rotatable bonds is 4. The molecule has 0 aromatic carbocycles. The Labute approximate surface area is 107 Å². The summed E-state index contributed by atoms with van der Waals surface area (Å²) in [6.45, 7) is 1.99. The quantitative estimate of drug-likeness (QED) is 0.746. The van der Waals surface area contributed by atoms with Gasteiger partial charge < -0.3 is 15.7 Å². The molecule has 0 aliphatic heterocycles. The number of hydrogen-bond donors (Lipinski definition) is 1. The van der Waals surface area contributed by atoms with E-state index in [1.165, 1.54) is 11.3 Å². The topological polar surface area (TPSA) is 101 Å². The monoisotopic (exact) mass is 266 g/mol. The largest absolute Gasteiger partial charge is 0.550 e. The molecule has 2 aromatic rings. The summed E-state index contributed by atoms with van der Waals surface area (Å²) in [5.74, 6) is 4.69. The smallest absolute Gasteiger partial charge is 0.280 e. The molecule has 2 aromatic heterocycles. The highest BCUT2D eigenvalue weighted by Crippen LogP contribution is 2.21. The number of fused-ring (bicyclic) bond motifs is 1. The van der Waals surface area contributed by atoms with E-state index in [4.69, 9.17) is 5.84 Å². The lowest BCUT2D eigenvalue weighted by atomic mass is 10.3. The molecule has 0 saturated heterocycles. The molecule has 0 spiro atoms. The highest BCUT2D eigenvalue weighted by Gasteiger charge is 2.11. The summed E-state index contributed by atoms with van der Waals surface area (Å²) in [5, 5.41) is 10.9. The Bertz CT molecular complexity index is 659. The van der Waals surface area contributed by atoms with Gasteiger partial charge in [-0.25, -0.2) is 9.66 Å². The number of aliphatic carboxylic acids is 1. The van der Waals surface area contributed by atoms with Gasteiger partial charge in [-0.3, -0.25) is 4.79 Å². The van der Waals surface area contributed by atoms with Crippen molar-refractivity contribution >= 4 is 27.5 Å².